The van der Waals surface area contributed by atoms with Gasteiger partial charge in [0.2, 0.25) is 5.91 Å². The first-order chi connectivity index (χ1) is 10.6. The van der Waals surface area contributed by atoms with E-state index in [1.165, 1.54) is 6.07 Å². The Bertz CT molecular complexity index is 564. The molecule has 1 aliphatic heterocycles. The van der Waals surface area contributed by atoms with Crippen LogP contribution in [-0.4, -0.2) is 42.2 Å². The maximum atomic E-state index is 13.8. The lowest BCUT2D eigenvalue weighted by molar-refractivity contribution is -0.132. The second-order valence-electron chi connectivity index (χ2n) is 6.16. The molecule has 1 aromatic rings. The largest absolute Gasteiger partial charge is 0.393 e. The Balaban J connectivity index is 2.02. The zero-order valence-corrected chi connectivity index (χ0v) is 13.1. The summed E-state index contributed by atoms with van der Waals surface area (Å²) in [6.45, 7) is 5.08. The predicted molar refractivity (Wildman–Crippen MR) is 78.5 cm³/mol. The third-order valence-corrected chi connectivity index (χ3v) is 3.77. The zero-order chi connectivity index (χ0) is 17.2. The van der Waals surface area contributed by atoms with Crippen LogP contribution in [0.5, 0.6) is 0 Å². The van der Waals surface area contributed by atoms with Crippen molar-refractivity contribution in [3.8, 4) is 0 Å². The number of benzene rings is 1. The minimum absolute atomic E-state index is 0.0113. The highest BCUT2D eigenvalue weighted by Crippen LogP contribution is 2.23. The van der Waals surface area contributed by atoms with E-state index in [1.807, 2.05) is 13.8 Å². The van der Waals surface area contributed by atoms with E-state index < -0.39 is 24.0 Å². The first kappa shape index (κ1) is 17.7. The van der Waals surface area contributed by atoms with Crippen LogP contribution < -0.4 is 5.32 Å². The minimum Gasteiger partial charge on any atom is -0.339 e. The highest BCUT2D eigenvalue weighted by molar-refractivity contribution is 5.79. The lowest BCUT2D eigenvalue weighted by Gasteiger charge is -2.36. The molecule has 1 heterocycles. The van der Waals surface area contributed by atoms with Crippen molar-refractivity contribution in [1.82, 2.24) is 10.2 Å². The molecule has 2 rings (SSSR count). The number of nitrogens with one attached hydrogen (secondary N) is 1. The quantitative estimate of drug-likeness (QED) is 0.863. The van der Waals surface area contributed by atoms with Gasteiger partial charge in [0.15, 0.2) is 0 Å². The molecule has 3 nitrogen and oxygen atoms in total. The molecule has 0 bridgehead atoms. The van der Waals surface area contributed by atoms with Gasteiger partial charge in [-0.3, -0.25) is 4.79 Å². The highest BCUT2D eigenvalue weighted by Gasteiger charge is 2.29. The number of hydrogen-bond donors (Lipinski definition) is 1. The molecule has 1 amide bonds. The molecule has 1 saturated heterocycles. The SMILES string of the molecule is C[C@@H]1CN(C(=O)Cc2ccc(CC(F)(F)F)c(F)c2)C[C@H](C)N1. The number of carbonyl (C=O) groups is 1. The number of nitrogens with zero attached hydrogens (tertiary/aromatic N) is 1. The molecule has 0 aliphatic carbocycles. The Hall–Kier alpha value is -1.63. The third-order valence-electron chi connectivity index (χ3n) is 3.77. The summed E-state index contributed by atoms with van der Waals surface area (Å²) in [5.74, 6) is -1.07. The van der Waals surface area contributed by atoms with Gasteiger partial charge in [-0.15, -0.1) is 0 Å². The molecule has 23 heavy (non-hydrogen) atoms. The summed E-state index contributed by atoms with van der Waals surface area (Å²) in [6.07, 6.45) is -5.77. The van der Waals surface area contributed by atoms with Crippen molar-refractivity contribution >= 4 is 5.91 Å². The number of alkyl halides is 3. The Morgan fingerprint density at radius 1 is 1.26 bits per heavy atom. The molecule has 0 spiro atoms. The Labute approximate surface area is 132 Å². The summed E-state index contributed by atoms with van der Waals surface area (Å²) in [4.78, 5) is 14.0. The van der Waals surface area contributed by atoms with Crippen LogP contribution in [0.25, 0.3) is 0 Å². The van der Waals surface area contributed by atoms with Gasteiger partial charge in [-0.05, 0) is 31.0 Å². The summed E-state index contributed by atoms with van der Waals surface area (Å²) >= 11 is 0. The fraction of sp³-hybridized carbons (Fsp3) is 0.562. The molecular formula is C16H20F4N2O. The molecule has 128 valence electrons. The number of halogens is 4. The van der Waals surface area contributed by atoms with Crippen molar-refractivity contribution in [2.45, 2.75) is 44.9 Å². The van der Waals surface area contributed by atoms with Crippen molar-refractivity contribution in [1.29, 1.82) is 0 Å². The van der Waals surface area contributed by atoms with Gasteiger partial charge in [-0.1, -0.05) is 12.1 Å². The van der Waals surface area contributed by atoms with E-state index in [0.29, 0.717) is 18.7 Å². The molecule has 0 saturated carbocycles. The number of hydrogen-bond acceptors (Lipinski definition) is 2. The number of rotatable bonds is 3. The van der Waals surface area contributed by atoms with Crippen LogP contribution in [0.1, 0.15) is 25.0 Å². The molecule has 0 aromatic heterocycles. The van der Waals surface area contributed by atoms with Crippen molar-refractivity contribution in [3.63, 3.8) is 0 Å². The summed E-state index contributed by atoms with van der Waals surface area (Å²) in [7, 11) is 0. The van der Waals surface area contributed by atoms with Gasteiger partial charge in [0.25, 0.3) is 0 Å². The molecule has 2 atom stereocenters. The molecular weight excluding hydrogens is 312 g/mol. The first-order valence-electron chi connectivity index (χ1n) is 7.52. The van der Waals surface area contributed by atoms with Crippen molar-refractivity contribution < 1.29 is 22.4 Å². The summed E-state index contributed by atoms with van der Waals surface area (Å²) in [5, 5.41) is 3.31. The van der Waals surface area contributed by atoms with Gasteiger partial charge in [0.05, 0.1) is 12.8 Å². The molecule has 7 heteroatoms. The van der Waals surface area contributed by atoms with Gasteiger partial charge < -0.3 is 10.2 Å². The monoisotopic (exact) mass is 332 g/mol. The number of amides is 1. The van der Waals surface area contributed by atoms with E-state index in [2.05, 4.69) is 5.32 Å². The van der Waals surface area contributed by atoms with Gasteiger partial charge in [-0.25, -0.2) is 4.39 Å². The van der Waals surface area contributed by atoms with Crippen LogP contribution in [-0.2, 0) is 17.6 Å². The zero-order valence-electron chi connectivity index (χ0n) is 13.1. The predicted octanol–water partition coefficient (Wildman–Crippen LogP) is 2.68. The van der Waals surface area contributed by atoms with Crippen LogP contribution >= 0.6 is 0 Å². The van der Waals surface area contributed by atoms with Crippen molar-refractivity contribution in [2.24, 2.45) is 0 Å². The smallest absolute Gasteiger partial charge is 0.339 e. The second-order valence-corrected chi connectivity index (χ2v) is 6.16. The summed E-state index contributed by atoms with van der Waals surface area (Å²) < 4.78 is 50.7. The summed E-state index contributed by atoms with van der Waals surface area (Å²) in [5.41, 5.74) is -0.0182. The van der Waals surface area contributed by atoms with E-state index in [1.54, 1.807) is 4.90 Å². The lowest BCUT2D eigenvalue weighted by Crippen LogP contribution is -2.56. The second kappa shape index (κ2) is 6.86. The average molecular weight is 332 g/mol. The average Bonchev–Trinajstić information content (AvgIpc) is 2.39. The van der Waals surface area contributed by atoms with Crippen molar-refractivity contribution in [3.05, 3.63) is 35.1 Å². The van der Waals surface area contributed by atoms with Crippen LogP contribution in [0.4, 0.5) is 17.6 Å². The molecule has 0 unspecified atom stereocenters. The third kappa shape index (κ3) is 5.20. The molecule has 1 N–H and O–H groups in total. The Kier molecular flexibility index (Phi) is 5.29. The first-order valence-corrected chi connectivity index (χ1v) is 7.52. The summed E-state index contributed by atoms with van der Waals surface area (Å²) in [6, 6.07) is 3.86. The fourth-order valence-corrected chi connectivity index (χ4v) is 2.88. The Morgan fingerprint density at radius 2 is 1.87 bits per heavy atom. The van der Waals surface area contributed by atoms with Gasteiger partial charge in [0.1, 0.15) is 5.82 Å². The van der Waals surface area contributed by atoms with E-state index in [0.717, 1.165) is 12.1 Å². The minimum atomic E-state index is -4.45. The number of carbonyl (C=O) groups excluding carboxylic acids is 1. The van der Waals surface area contributed by atoms with E-state index in [4.69, 9.17) is 0 Å². The van der Waals surface area contributed by atoms with E-state index in [-0.39, 0.29) is 24.4 Å². The normalized spacial score (nSPS) is 22.3. The van der Waals surface area contributed by atoms with Crippen molar-refractivity contribution in [2.75, 3.05) is 13.1 Å². The molecule has 1 fully saturated rings. The maximum absolute atomic E-state index is 13.8. The topological polar surface area (TPSA) is 32.3 Å². The molecule has 1 aliphatic rings. The van der Waals surface area contributed by atoms with E-state index >= 15 is 0 Å². The van der Waals surface area contributed by atoms with E-state index in [9.17, 15) is 22.4 Å². The van der Waals surface area contributed by atoms with Crippen LogP contribution in [0.3, 0.4) is 0 Å². The van der Waals surface area contributed by atoms with Crippen LogP contribution in [0.15, 0.2) is 18.2 Å². The van der Waals surface area contributed by atoms with Crippen LogP contribution in [0.2, 0.25) is 0 Å². The van der Waals surface area contributed by atoms with Gasteiger partial charge in [-0.2, -0.15) is 13.2 Å². The fourth-order valence-electron chi connectivity index (χ4n) is 2.88. The van der Waals surface area contributed by atoms with Crippen LogP contribution in [0, 0.1) is 5.82 Å². The lowest BCUT2D eigenvalue weighted by atomic mass is 10.0. The van der Waals surface area contributed by atoms with Gasteiger partial charge in [0, 0.05) is 25.2 Å². The molecule has 0 radical (unpaired) electrons. The molecule has 1 aromatic carbocycles. The Morgan fingerprint density at radius 3 is 2.39 bits per heavy atom. The maximum Gasteiger partial charge on any atom is 0.393 e. The standard InChI is InChI=1S/C16H20F4N2O/c1-10-8-22(9-11(2)21-10)15(23)6-12-3-4-13(14(17)5-12)7-16(18,19)20/h3-5,10-11,21H,6-9H2,1-2H3/t10-,11+. The van der Waals surface area contributed by atoms with Gasteiger partial charge >= 0.3 is 6.18 Å². The highest BCUT2D eigenvalue weighted by atomic mass is 19.4. The number of piperazine rings is 1.